The van der Waals surface area contributed by atoms with Gasteiger partial charge in [-0.25, -0.2) is 0 Å². The molecule has 1 heterocycles. The van der Waals surface area contributed by atoms with Gasteiger partial charge in [0.25, 0.3) is 5.91 Å². The molecular weight excluding hydrogens is 417 g/mol. The van der Waals surface area contributed by atoms with Gasteiger partial charge in [0, 0.05) is 15.1 Å². The van der Waals surface area contributed by atoms with Crippen molar-refractivity contribution in [1.29, 1.82) is 0 Å². The number of amides is 1. The first-order valence-corrected chi connectivity index (χ1v) is 8.21. The number of nitrogens with one attached hydrogen (secondary N) is 1. The minimum Gasteiger partial charge on any atom is -0.486 e. The van der Waals surface area contributed by atoms with Crippen molar-refractivity contribution in [2.75, 3.05) is 13.2 Å². The van der Waals surface area contributed by atoms with E-state index in [-0.39, 0.29) is 5.91 Å². The smallest absolute Gasteiger partial charge is 0.252 e. The van der Waals surface area contributed by atoms with E-state index in [0.29, 0.717) is 30.3 Å². The summed E-state index contributed by atoms with van der Waals surface area (Å²) in [6, 6.07) is 10.9. The van der Waals surface area contributed by atoms with Crippen LogP contribution in [0.5, 0.6) is 11.5 Å². The van der Waals surface area contributed by atoms with Crippen molar-refractivity contribution >= 4 is 40.1 Å². The fraction of sp³-hybridized carbons (Fsp3) is 0.188. The molecule has 0 spiro atoms. The Morgan fingerprint density at radius 1 is 1.14 bits per heavy atom. The number of hydrogen-bond acceptors (Lipinski definition) is 3. The van der Waals surface area contributed by atoms with Gasteiger partial charge in [-0.3, -0.25) is 4.79 Å². The van der Waals surface area contributed by atoms with Crippen LogP contribution in [0.1, 0.15) is 15.9 Å². The molecule has 0 fully saturated rings. The summed E-state index contributed by atoms with van der Waals surface area (Å²) >= 11 is 8.00. The summed E-state index contributed by atoms with van der Waals surface area (Å²) in [5, 5.41) is 3.52. The van der Waals surface area contributed by atoms with Crippen LogP contribution in [-0.4, -0.2) is 19.1 Å². The summed E-state index contributed by atoms with van der Waals surface area (Å²) < 4.78 is 11.8. The molecule has 1 N–H and O–H groups in total. The Balaban J connectivity index is 1.68. The van der Waals surface area contributed by atoms with Crippen LogP contribution in [0.25, 0.3) is 0 Å². The fourth-order valence-corrected chi connectivity index (χ4v) is 3.27. The van der Waals surface area contributed by atoms with Crippen molar-refractivity contribution in [3.63, 3.8) is 0 Å². The average Bonchev–Trinajstić information content (AvgIpc) is 2.52. The number of fused-ring (bicyclic) bond motifs is 1. The molecule has 6 heteroatoms. The van der Waals surface area contributed by atoms with Crippen molar-refractivity contribution in [1.82, 2.24) is 5.32 Å². The molecule has 1 aliphatic heterocycles. The molecule has 0 saturated heterocycles. The summed E-state index contributed by atoms with van der Waals surface area (Å²) in [5.74, 6) is 1.34. The van der Waals surface area contributed by atoms with E-state index >= 15 is 0 Å². The highest BCUT2D eigenvalue weighted by molar-refractivity contribution is 14.1. The number of rotatable bonds is 3. The van der Waals surface area contributed by atoms with Gasteiger partial charge < -0.3 is 14.8 Å². The topological polar surface area (TPSA) is 47.6 Å². The second kappa shape index (κ2) is 6.75. The molecule has 22 heavy (non-hydrogen) atoms. The second-order valence-electron chi connectivity index (χ2n) is 4.78. The highest BCUT2D eigenvalue weighted by atomic mass is 127. The maximum absolute atomic E-state index is 12.2. The summed E-state index contributed by atoms with van der Waals surface area (Å²) in [6.45, 7) is 1.54. The zero-order chi connectivity index (χ0) is 15.5. The SMILES string of the molecule is O=C(NCc1ccc2c(c1)OCCO2)c1ccc(Cl)cc1I. The zero-order valence-corrected chi connectivity index (χ0v) is 14.5. The van der Waals surface area contributed by atoms with Gasteiger partial charge in [-0.2, -0.15) is 0 Å². The van der Waals surface area contributed by atoms with Crippen LogP contribution in [0.15, 0.2) is 36.4 Å². The molecule has 0 bridgehead atoms. The molecule has 114 valence electrons. The maximum atomic E-state index is 12.2. The van der Waals surface area contributed by atoms with Gasteiger partial charge in [0.1, 0.15) is 13.2 Å². The summed E-state index contributed by atoms with van der Waals surface area (Å²) in [7, 11) is 0. The maximum Gasteiger partial charge on any atom is 0.252 e. The van der Waals surface area contributed by atoms with Crippen LogP contribution in [0.3, 0.4) is 0 Å². The molecule has 4 nitrogen and oxygen atoms in total. The van der Waals surface area contributed by atoms with E-state index in [0.717, 1.165) is 20.6 Å². The molecule has 2 aromatic carbocycles. The standard InChI is InChI=1S/C16H13ClINO3/c17-11-2-3-12(13(18)8-11)16(20)19-9-10-1-4-14-15(7-10)22-6-5-21-14/h1-4,7-8H,5-6,9H2,(H,19,20). The van der Waals surface area contributed by atoms with E-state index in [1.807, 2.05) is 18.2 Å². The third kappa shape index (κ3) is 3.47. The molecule has 1 aliphatic rings. The van der Waals surface area contributed by atoms with Gasteiger partial charge in [0.05, 0.1) is 5.56 Å². The lowest BCUT2D eigenvalue weighted by Gasteiger charge is -2.19. The summed E-state index contributed by atoms with van der Waals surface area (Å²) in [5.41, 5.74) is 1.57. The second-order valence-corrected chi connectivity index (χ2v) is 6.38. The van der Waals surface area contributed by atoms with E-state index in [1.165, 1.54) is 0 Å². The molecule has 0 aliphatic carbocycles. The van der Waals surface area contributed by atoms with E-state index in [2.05, 4.69) is 27.9 Å². The third-order valence-corrected chi connectivity index (χ3v) is 4.36. The first kappa shape index (κ1) is 15.4. The number of halogens is 2. The van der Waals surface area contributed by atoms with Crippen LogP contribution < -0.4 is 14.8 Å². The minimum atomic E-state index is -0.129. The highest BCUT2D eigenvalue weighted by Crippen LogP contribution is 2.30. The van der Waals surface area contributed by atoms with Crippen LogP contribution >= 0.6 is 34.2 Å². The molecule has 2 aromatic rings. The largest absolute Gasteiger partial charge is 0.486 e. The lowest BCUT2D eigenvalue weighted by atomic mass is 10.1. The van der Waals surface area contributed by atoms with Gasteiger partial charge in [-0.1, -0.05) is 17.7 Å². The molecule has 0 atom stereocenters. The third-order valence-electron chi connectivity index (χ3n) is 3.24. The lowest BCUT2D eigenvalue weighted by Crippen LogP contribution is -2.24. The number of carbonyl (C=O) groups is 1. The molecule has 1 amide bonds. The average molecular weight is 430 g/mol. The van der Waals surface area contributed by atoms with Gasteiger partial charge in [0.15, 0.2) is 11.5 Å². The Morgan fingerprint density at radius 3 is 2.68 bits per heavy atom. The van der Waals surface area contributed by atoms with Crippen molar-refractivity contribution < 1.29 is 14.3 Å². The quantitative estimate of drug-likeness (QED) is 0.758. The van der Waals surface area contributed by atoms with Crippen molar-refractivity contribution in [2.24, 2.45) is 0 Å². The van der Waals surface area contributed by atoms with Crippen LogP contribution in [-0.2, 0) is 6.54 Å². The Hall–Kier alpha value is -1.47. The molecule has 0 saturated carbocycles. The molecule has 0 radical (unpaired) electrons. The predicted octanol–water partition coefficient (Wildman–Crippen LogP) is 3.65. The predicted molar refractivity (Wildman–Crippen MR) is 92.8 cm³/mol. The van der Waals surface area contributed by atoms with Crippen LogP contribution in [0.4, 0.5) is 0 Å². The van der Waals surface area contributed by atoms with Gasteiger partial charge in [-0.05, 0) is 58.5 Å². The number of benzene rings is 2. The van der Waals surface area contributed by atoms with E-state index in [1.54, 1.807) is 18.2 Å². The molecule has 0 aromatic heterocycles. The molecular formula is C16H13ClINO3. The van der Waals surface area contributed by atoms with E-state index in [4.69, 9.17) is 21.1 Å². The monoisotopic (exact) mass is 429 g/mol. The molecule has 3 rings (SSSR count). The Kier molecular flexibility index (Phi) is 4.73. The number of carbonyl (C=O) groups excluding carboxylic acids is 1. The normalized spacial score (nSPS) is 12.8. The van der Waals surface area contributed by atoms with E-state index in [9.17, 15) is 4.79 Å². The Labute approximate surface area is 146 Å². The minimum absolute atomic E-state index is 0.129. The summed E-state index contributed by atoms with van der Waals surface area (Å²) in [6.07, 6.45) is 0. The van der Waals surface area contributed by atoms with Gasteiger partial charge in [0.2, 0.25) is 0 Å². The van der Waals surface area contributed by atoms with Gasteiger partial charge in [-0.15, -0.1) is 0 Å². The van der Waals surface area contributed by atoms with Crippen LogP contribution in [0, 0.1) is 3.57 Å². The first-order valence-electron chi connectivity index (χ1n) is 6.75. The van der Waals surface area contributed by atoms with Crippen LogP contribution in [0.2, 0.25) is 5.02 Å². The molecule has 0 unspecified atom stereocenters. The fourth-order valence-electron chi connectivity index (χ4n) is 2.15. The van der Waals surface area contributed by atoms with E-state index < -0.39 is 0 Å². The number of hydrogen-bond donors (Lipinski definition) is 1. The lowest BCUT2D eigenvalue weighted by molar-refractivity contribution is 0.0950. The Morgan fingerprint density at radius 2 is 1.91 bits per heavy atom. The van der Waals surface area contributed by atoms with Crippen molar-refractivity contribution in [3.05, 3.63) is 56.1 Å². The Bertz CT molecular complexity index is 721. The number of ether oxygens (including phenoxy) is 2. The summed E-state index contributed by atoms with van der Waals surface area (Å²) in [4.78, 5) is 12.2. The zero-order valence-electron chi connectivity index (χ0n) is 11.6. The highest BCUT2D eigenvalue weighted by Gasteiger charge is 2.13. The van der Waals surface area contributed by atoms with Gasteiger partial charge >= 0.3 is 0 Å². The first-order chi connectivity index (χ1) is 10.6. The van der Waals surface area contributed by atoms with Crippen molar-refractivity contribution in [2.45, 2.75) is 6.54 Å². The van der Waals surface area contributed by atoms with Crippen molar-refractivity contribution in [3.8, 4) is 11.5 Å².